The summed E-state index contributed by atoms with van der Waals surface area (Å²) >= 11 is 3.02. The fourth-order valence-electron chi connectivity index (χ4n) is 2.34. The molecule has 1 N–H and O–H groups in total. The fourth-order valence-corrected chi connectivity index (χ4v) is 2.66. The third kappa shape index (κ3) is 5.87. The molecular formula is C20H20BrFO5. The maximum atomic E-state index is 14.8. The summed E-state index contributed by atoms with van der Waals surface area (Å²) in [4.78, 5) is 24.2. The van der Waals surface area contributed by atoms with Crippen LogP contribution in [-0.4, -0.2) is 46.9 Å². The number of alkyl halides is 2. The highest BCUT2D eigenvalue weighted by atomic mass is 79.9. The highest BCUT2D eigenvalue weighted by Gasteiger charge is 2.42. The van der Waals surface area contributed by atoms with E-state index < -0.39 is 36.4 Å². The van der Waals surface area contributed by atoms with Crippen molar-refractivity contribution in [2.75, 3.05) is 11.9 Å². The van der Waals surface area contributed by atoms with Gasteiger partial charge in [-0.05, 0) is 31.2 Å². The lowest BCUT2D eigenvalue weighted by Crippen LogP contribution is -2.50. The molecule has 2 rings (SSSR count). The Balaban J connectivity index is 2.06. The summed E-state index contributed by atoms with van der Waals surface area (Å²) in [7, 11) is 0. The van der Waals surface area contributed by atoms with E-state index in [1.165, 1.54) is 19.1 Å². The summed E-state index contributed by atoms with van der Waals surface area (Å²) in [5.74, 6) is -1.44. The molecule has 0 fully saturated rings. The van der Waals surface area contributed by atoms with Crippen LogP contribution in [0.4, 0.5) is 4.39 Å². The maximum absolute atomic E-state index is 14.8. The van der Waals surface area contributed by atoms with E-state index in [-0.39, 0.29) is 10.9 Å². The molecule has 2 aromatic carbocycles. The van der Waals surface area contributed by atoms with E-state index in [4.69, 9.17) is 9.47 Å². The van der Waals surface area contributed by atoms with Crippen LogP contribution < -0.4 is 0 Å². The number of hydrogen-bond donors (Lipinski definition) is 1. The van der Waals surface area contributed by atoms with Gasteiger partial charge < -0.3 is 14.6 Å². The predicted molar refractivity (Wildman–Crippen MR) is 102 cm³/mol. The molecule has 0 aliphatic carbocycles. The van der Waals surface area contributed by atoms with Crippen molar-refractivity contribution < 1.29 is 28.6 Å². The van der Waals surface area contributed by atoms with Crippen LogP contribution in [0.2, 0.25) is 0 Å². The van der Waals surface area contributed by atoms with Gasteiger partial charge in [0.25, 0.3) is 0 Å². The lowest BCUT2D eigenvalue weighted by Gasteiger charge is -2.32. The van der Waals surface area contributed by atoms with Gasteiger partial charge in [-0.1, -0.05) is 52.3 Å². The number of halogens is 2. The van der Waals surface area contributed by atoms with E-state index in [9.17, 15) is 19.1 Å². The number of hydrogen-bond acceptors (Lipinski definition) is 5. The normalized spacial score (nSPS) is 15.3. The molecule has 0 amide bonds. The van der Waals surface area contributed by atoms with E-state index in [2.05, 4.69) is 15.9 Å². The Labute approximate surface area is 165 Å². The third-order valence-corrected chi connectivity index (χ3v) is 4.94. The number of aliphatic hydroxyl groups is 1. The molecule has 0 heterocycles. The van der Waals surface area contributed by atoms with Crippen molar-refractivity contribution in [1.82, 2.24) is 0 Å². The van der Waals surface area contributed by atoms with Gasteiger partial charge in [0, 0.05) is 5.33 Å². The first kappa shape index (κ1) is 21.1. The third-order valence-electron chi connectivity index (χ3n) is 3.84. The Hall–Kier alpha value is -2.25. The second-order valence-corrected chi connectivity index (χ2v) is 6.70. The summed E-state index contributed by atoms with van der Waals surface area (Å²) in [5.41, 5.74) is -1.56. The van der Waals surface area contributed by atoms with Crippen molar-refractivity contribution in [3.63, 3.8) is 0 Å². The first-order valence-corrected chi connectivity index (χ1v) is 9.38. The first-order chi connectivity index (χ1) is 12.8. The van der Waals surface area contributed by atoms with Crippen molar-refractivity contribution >= 4 is 27.9 Å². The van der Waals surface area contributed by atoms with E-state index >= 15 is 0 Å². The summed E-state index contributed by atoms with van der Waals surface area (Å²) < 4.78 is 25.1. The molecule has 0 radical (unpaired) electrons. The average molecular weight is 439 g/mol. The van der Waals surface area contributed by atoms with Crippen molar-refractivity contribution in [3.8, 4) is 0 Å². The van der Waals surface area contributed by atoms with Gasteiger partial charge in [0.2, 0.25) is 0 Å². The fraction of sp³-hybridized carbons (Fsp3) is 0.300. The minimum absolute atomic E-state index is 0.184. The van der Waals surface area contributed by atoms with Crippen molar-refractivity contribution in [1.29, 1.82) is 0 Å². The van der Waals surface area contributed by atoms with E-state index in [0.29, 0.717) is 5.56 Å². The van der Waals surface area contributed by atoms with Crippen LogP contribution in [0.5, 0.6) is 0 Å². The maximum Gasteiger partial charge on any atom is 0.338 e. The number of carbonyl (C=O) groups excluding carboxylic acids is 2. The Kier molecular flexibility index (Phi) is 7.50. The van der Waals surface area contributed by atoms with Gasteiger partial charge in [0.05, 0.1) is 11.1 Å². The van der Waals surface area contributed by atoms with Crippen LogP contribution in [0.3, 0.4) is 0 Å². The highest BCUT2D eigenvalue weighted by molar-refractivity contribution is 9.09. The van der Waals surface area contributed by atoms with Crippen LogP contribution in [0.25, 0.3) is 0 Å². The molecule has 0 aliphatic rings. The summed E-state index contributed by atoms with van der Waals surface area (Å²) in [6, 6.07) is 16.2. The molecule has 2 aromatic rings. The minimum Gasteiger partial charge on any atom is -0.459 e. The average Bonchev–Trinajstić information content (AvgIpc) is 2.70. The number of ether oxygens (including phenoxy) is 2. The van der Waals surface area contributed by atoms with Crippen LogP contribution in [0, 0.1) is 0 Å². The Morgan fingerprint density at radius 2 is 1.52 bits per heavy atom. The predicted octanol–water partition coefficient (Wildman–Crippen LogP) is 3.55. The zero-order chi connectivity index (χ0) is 19.9. The second kappa shape index (κ2) is 9.62. The number of rotatable bonds is 8. The Morgan fingerprint density at radius 3 is 2.00 bits per heavy atom. The lowest BCUT2D eigenvalue weighted by atomic mass is 9.98. The van der Waals surface area contributed by atoms with Gasteiger partial charge in [0.15, 0.2) is 11.8 Å². The molecule has 144 valence electrons. The quantitative estimate of drug-likeness (QED) is 0.503. The zero-order valence-corrected chi connectivity index (χ0v) is 16.3. The van der Waals surface area contributed by atoms with E-state index in [0.717, 1.165) is 0 Å². The molecule has 5 nitrogen and oxygen atoms in total. The van der Waals surface area contributed by atoms with Gasteiger partial charge in [-0.15, -0.1) is 0 Å². The number of carbonyl (C=O) groups is 2. The van der Waals surface area contributed by atoms with Gasteiger partial charge in [0.1, 0.15) is 12.7 Å². The summed E-state index contributed by atoms with van der Waals surface area (Å²) in [6.45, 7) is 0.667. The van der Waals surface area contributed by atoms with Gasteiger partial charge in [-0.25, -0.2) is 14.0 Å². The largest absolute Gasteiger partial charge is 0.459 e. The standard InChI is InChI=1S/C20H20BrFO5/c1-20(22,13-21)17(27-19(25)15-10-6-3-7-11-15)16(23)12-26-18(24)14-8-4-2-5-9-14/h2-11,16-17,23H,12-13H2,1H3/t16-,17-,20+/m1/s1. The van der Waals surface area contributed by atoms with Crippen LogP contribution in [0.1, 0.15) is 27.6 Å². The summed E-state index contributed by atoms with van der Waals surface area (Å²) in [5, 5.41) is 10.2. The van der Waals surface area contributed by atoms with Crippen molar-refractivity contribution in [2.45, 2.75) is 24.8 Å². The molecular weight excluding hydrogens is 419 g/mol. The molecule has 0 aromatic heterocycles. The molecule has 0 saturated heterocycles. The molecule has 7 heteroatoms. The van der Waals surface area contributed by atoms with Gasteiger partial charge in [-0.3, -0.25) is 0 Å². The molecule has 0 unspecified atom stereocenters. The number of benzene rings is 2. The van der Waals surface area contributed by atoms with Crippen molar-refractivity contribution in [3.05, 3.63) is 71.8 Å². The van der Waals surface area contributed by atoms with Gasteiger partial charge >= 0.3 is 11.9 Å². The molecule has 0 spiro atoms. The van der Waals surface area contributed by atoms with Crippen LogP contribution >= 0.6 is 15.9 Å². The van der Waals surface area contributed by atoms with E-state index in [1.807, 2.05) is 0 Å². The molecule has 27 heavy (non-hydrogen) atoms. The molecule has 3 atom stereocenters. The molecule has 0 aliphatic heterocycles. The first-order valence-electron chi connectivity index (χ1n) is 8.26. The van der Waals surface area contributed by atoms with Crippen LogP contribution in [0.15, 0.2) is 60.7 Å². The summed E-state index contributed by atoms with van der Waals surface area (Å²) in [6.07, 6.45) is -3.08. The number of esters is 2. The molecule has 0 saturated carbocycles. The van der Waals surface area contributed by atoms with Crippen LogP contribution in [-0.2, 0) is 9.47 Å². The Morgan fingerprint density at radius 1 is 1.04 bits per heavy atom. The minimum atomic E-state index is -2.08. The monoisotopic (exact) mass is 438 g/mol. The Bertz CT molecular complexity index is 751. The van der Waals surface area contributed by atoms with Gasteiger partial charge in [-0.2, -0.15) is 0 Å². The SMILES string of the molecule is C[C@](F)(CBr)[C@H](OC(=O)c1ccccc1)[C@H](O)COC(=O)c1ccccc1. The second-order valence-electron chi connectivity index (χ2n) is 6.14. The highest BCUT2D eigenvalue weighted by Crippen LogP contribution is 2.25. The zero-order valence-electron chi connectivity index (χ0n) is 14.7. The van der Waals surface area contributed by atoms with Crippen molar-refractivity contribution in [2.24, 2.45) is 0 Å². The topological polar surface area (TPSA) is 72.8 Å². The molecule has 0 bridgehead atoms. The number of aliphatic hydroxyl groups excluding tert-OH is 1. The van der Waals surface area contributed by atoms with E-state index in [1.54, 1.807) is 48.5 Å². The lowest BCUT2D eigenvalue weighted by molar-refractivity contribution is -0.0941. The smallest absolute Gasteiger partial charge is 0.338 e.